The molecule has 16 heteroatoms. The van der Waals surface area contributed by atoms with Gasteiger partial charge in [0.25, 0.3) is 0 Å². The van der Waals surface area contributed by atoms with Crippen LogP contribution in [0.1, 0.15) is 0 Å². The van der Waals surface area contributed by atoms with Crippen molar-refractivity contribution in [3.05, 3.63) is 368 Å². The minimum Gasteiger partial charge on any atom is -0.456 e. The van der Waals surface area contributed by atoms with Crippen LogP contribution in [-0.4, -0.2) is 47.1 Å². The van der Waals surface area contributed by atoms with E-state index in [0.717, 1.165) is 176 Å². The summed E-state index contributed by atoms with van der Waals surface area (Å²) in [5, 5.41) is 29.5. The Morgan fingerprint density at radius 3 is 0.992 bits per heavy atom. The van der Waals surface area contributed by atoms with Gasteiger partial charge >= 0.3 is 7.12 Å². The molecule has 0 fully saturated rings. The minimum atomic E-state index is -1.51. The van der Waals surface area contributed by atoms with Gasteiger partial charge in [-0.25, -0.2) is 29.9 Å². The number of halogens is 2. The molecule has 7 heterocycles. The second-order valence-electron chi connectivity index (χ2n) is 28.7. The highest BCUT2D eigenvalue weighted by Crippen LogP contribution is 2.49. The van der Waals surface area contributed by atoms with Crippen LogP contribution in [0.15, 0.2) is 380 Å². The molecule has 16 aromatic carbocycles. The second kappa shape index (κ2) is 29.8. The molecule has 2 N–H and O–H groups in total. The Labute approximate surface area is 683 Å². The van der Waals surface area contributed by atoms with Gasteiger partial charge in [0.1, 0.15) is 50.2 Å². The predicted octanol–water partition coefficient (Wildman–Crippen LogP) is 26.6. The molecule has 0 amide bonds. The van der Waals surface area contributed by atoms with Gasteiger partial charge in [-0.2, -0.15) is 0 Å². The fourth-order valence-corrected chi connectivity index (χ4v) is 16.6. The van der Waals surface area contributed by atoms with Gasteiger partial charge in [0, 0.05) is 114 Å². The first-order chi connectivity index (χ1) is 58.1. The van der Waals surface area contributed by atoms with Crippen molar-refractivity contribution in [1.29, 1.82) is 0 Å². The quantitative estimate of drug-likeness (QED) is 0.117. The average molecular weight is 1560 g/mol. The number of hydrogen-bond donors (Lipinski definition) is 2. The Hall–Kier alpha value is -14.9. The first-order valence-electron chi connectivity index (χ1n) is 38.5. The molecule has 0 saturated carbocycles. The standard InChI is InChI=1S/C57H33N3O3.C33H19Cl2N3O.C12H9BO3/c1-3-15-34(16-4-1)55-58-56(35-17-5-2-6-18-35)60-57(59-55)37-20-11-19-36(31-37)39-23-14-30-50-51(39)47-33-38(40-24-12-25-43-41-21-7-9-28-48(41)61-52(40)43)32-46(54(47)63-50)45-27-13-26-44-42-22-8-10-29-49(42)62-53(44)45;34-24-18-26-29-25(15-8-16-28(29)39-30(26)27(35)19-24)22-13-7-14-23(17-22)33-37-31(20-9-3-1-4-10-20)36-32(38-33)21-11-5-2-6-12-21;14-13(15)10-6-3-5-9-8-4-1-2-7-11(8)16-12(9)10/h1-33H;1-19H;1-7,14-15H. The van der Waals surface area contributed by atoms with Gasteiger partial charge < -0.3 is 32.1 Å². The van der Waals surface area contributed by atoms with Crippen LogP contribution in [-0.2, 0) is 0 Å². The Morgan fingerprint density at radius 1 is 0.212 bits per heavy atom. The Kier molecular flexibility index (Phi) is 17.9. The number of nitrogens with zero attached hydrogens (tertiary/aromatic N) is 6. The molecule has 118 heavy (non-hydrogen) atoms. The number of aromatic nitrogens is 6. The molecule has 0 radical (unpaired) electrons. The van der Waals surface area contributed by atoms with E-state index in [1.165, 1.54) is 0 Å². The average Bonchev–Trinajstić information content (AvgIpc) is 1.56. The lowest BCUT2D eigenvalue weighted by Crippen LogP contribution is -2.29. The Morgan fingerprint density at radius 2 is 0.525 bits per heavy atom. The molecule has 0 unspecified atom stereocenters. The van der Waals surface area contributed by atoms with Crippen molar-refractivity contribution in [1.82, 2.24) is 29.9 Å². The summed E-state index contributed by atoms with van der Waals surface area (Å²) in [6.45, 7) is 0. The van der Waals surface area contributed by atoms with E-state index in [-0.39, 0.29) is 0 Å². The van der Waals surface area contributed by atoms with E-state index in [1.807, 2.05) is 206 Å². The molecular formula is C102H61BCl2N6O7. The van der Waals surface area contributed by atoms with Crippen molar-refractivity contribution in [2.45, 2.75) is 0 Å². The zero-order chi connectivity index (χ0) is 78.9. The number of para-hydroxylation sites is 6. The lowest BCUT2D eigenvalue weighted by Gasteiger charge is -2.11. The number of furan rings is 5. The zero-order valence-electron chi connectivity index (χ0n) is 62.5. The van der Waals surface area contributed by atoms with Crippen LogP contribution in [0.25, 0.3) is 223 Å². The van der Waals surface area contributed by atoms with Crippen molar-refractivity contribution in [2.75, 3.05) is 0 Å². The van der Waals surface area contributed by atoms with Gasteiger partial charge in [0.2, 0.25) is 0 Å². The molecule has 7 aromatic heterocycles. The molecule has 0 atom stereocenters. The lowest BCUT2D eigenvalue weighted by atomic mass is 9.79. The molecule has 0 aliphatic carbocycles. The summed E-state index contributed by atoms with van der Waals surface area (Å²) in [7, 11) is -1.51. The van der Waals surface area contributed by atoms with E-state index in [1.54, 1.807) is 18.2 Å². The highest BCUT2D eigenvalue weighted by Gasteiger charge is 2.26. The molecule has 0 aliphatic heterocycles. The topological polar surface area (TPSA) is 183 Å². The van der Waals surface area contributed by atoms with E-state index < -0.39 is 7.12 Å². The Bertz CT molecular complexity index is 7730. The molecule has 0 bridgehead atoms. The summed E-state index contributed by atoms with van der Waals surface area (Å²) in [6.07, 6.45) is 0. The maximum atomic E-state index is 9.24. The SMILES string of the molecule is Clc1cc(Cl)c2oc3cccc(-c4cccc(-c5nc(-c6ccccc6)nc(-c6ccccc6)n5)c4)c3c2c1.OB(O)c1cccc2c1oc1ccccc12.c1ccc(-c2nc(-c3ccccc3)nc(-c3cccc(-c4cccc5oc6c(-c7cccc8c7oc7ccccc78)cc(-c7cccc8c7oc7ccccc78)cc6c45)c3)n2)cc1. The van der Waals surface area contributed by atoms with Gasteiger partial charge in [-0.15, -0.1) is 0 Å². The highest BCUT2D eigenvalue weighted by atomic mass is 35.5. The molecular weight excluding hydrogens is 1500 g/mol. The third-order valence-corrected chi connectivity index (χ3v) is 22.0. The highest BCUT2D eigenvalue weighted by molar-refractivity contribution is 6.61. The van der Waals surface area contributed by atoms with Crippen LogP contribution >= 0.6 is 23.2 Å². The van der Waals surface area contributed by atoms with Crippen LogP contribution < -0.4 is 5.46 Å². The van der Waals surface area contributed by atoms with Crippen LogP contribution in [0.2, 0.25) is 10.0 Å². The monoisotopic (exact) mass is 1560 g/mol. The van der Waals surface area contributed by atoms with Crippen LogP contribution in [0, 0.1) is 0 Å². The molecule has 23 aromatic rings. The first-order valence-corrected chi connectivity index (χ1v) is 39.2. The van der Waals surface area contributed by atoms with Gasteiger partial charge in [0.05, 0.1) is 5.02 Å². The normalized spacial score (nSPS) is 11.6. The van der Waals surface area contributed by atoms with Gasteiger partial charge in [-0.1, -0.05) is 314 Å². The van der Waals surface area contributed by atoms with Crippen LogP contribution in [0.5, 0.6) is 0 Å². The van der Waals surface area contributed by atoms with Crippen LogP contribution in [0.3, 0.4) is 0 Å². The first kappa shape index (κ1) is 70.9. The summed E-state index contributed by atoms with van der Waals surface area (Å²) in [6, 6.07) is 119. The van der Waals surface area contributed by atoms with Gasteiger partial charge in [0.15, 0.2) is 40.5 Å². The van der Waals surface area contributed by atoms with Crippen molar-refractivity contribution in [3.8, 4) is 113 Å². The van der Waals surface area contributed by atoms with Gasteiger partial charge in [-0.05, 0) is 94.5 Å². The zero-order valence-corrected chi connectivity index (χ0v) is 64.0. The minimum absolute atomic E-state index is 0.397. The second-order valence-corrected chi connectivity index (χ2v) is 29.6. The fraction of sp³-hybridized carbons (Fsp3) is 0. The van der Waals surface area contributed by atoms with Crippen molar-refractivity contribution >= 4 is 145 Å². The molecule has 558 valence electrons. The number of benzene rings is 16. The number of rotatable bonds is 11. The van der Waals surface area contributed by atoms with Crippen molar-refractivity contribution < 1.29 is 32.1 Å². The third kappa shape index (κ3) is 12.9. The molecule has 0 aliphatic rings. The number of fused-ring (bicyclic) bond motifs is 15. The predicted molar refractivity (Wildman–Crippen MR) is 477 cm³/mol. The van der Waals surface area contributed by atoms with Crippen molar-refractivity contribution in [2.24, 2.45) is 0 Å². The van der Waals surface area contributed by atoms with E-state index in [2.05, 4.69) is 133 Å². The maximum absolute atomic E-state index is 9.24. The summed E-state index contributed by atoms with van der Waals surface area (Å²) in [5.74, 6) is 3.67. The summed E-state index contributed by atoms with van der Waals surface area (Å²) in [5.41, 5.74) is 21.4. The van der Waals surface area contributed by atoms with Crippen molar-refractivity contribution in [3.63, 3.8) is 0 Å². The van der Waals surface area contributed by atoms with E-state index in [4.69, 9.17) is 75.2 Å². The molecule has 0 saturated heterocycles. The molecule has 23 rings (SSSR count). The largest absolute Gasteiger partial charge is 0.492 e. The molecule has 13 nitrogen and oxygen atoms in total. The smallest absolute Gasteiger partial charge is 0.456 e. The summed E-state index contributed by atoms with van der Waals surface area (Å²) < 4.78 is 32.0. The lowest BCUT2D eigenvalue weighted by molar-refractivity contribution is 0.425. The third-order valence-electron chi connectivity index (χ3n) is 21.5. The number of hydrogen-bond acceptors (Lipinski definition) is 13. The summed E-state index contributed by atoms with van der Waals surface area (Å²) >= 11 is 12.8. The molecule has 0 spiro atoms. The Balaban J connectivity index is 0.000000132. The summed E-state index contributed by atoms with van der Waals surface area (Å²) in [4.78, 5) is 29.6. The fourth-order valence-electron chi connectivity index (χ4n) is 16.1. The van der Waals surface area contributed by atoms with E-state index in [0.29, 0.717) is 61.6 Å². The maximum Gasteiger partial charge on any atom is 0.492 e. The van der Waals surface area contributed by atoms with E-state index >= 15 is 0 Å². The van der Waals surface area contributed by atoms with Gasteiger partial charge in [-0.3, -0.25) is 0 Å². The van der Waals surface area contributed by atoms with E-state index in [9.17, 15) is 10.0 Å². The van der Waals surface area contributed by atoms with Crippen LogP contribution in [0.4, 0.5) is 0 Å².